The highest BCUT2D eigenvalue weighted by molar-refractivity contribution is 6.02. The van der Waals surface area contributed by atoms with E-state index in [0.717, 1.165) is 0 Å². The summed E-state index contributed by atoms with van der Waals surface area (Å²) in [5.74, 6) is -0.214. The van der Waals surface area contributed by atoms with Gasteiger partial charge in [0.1, 0.15) is 5.69 Å². The van der Waals surface area contributed by atoms with Gasteiger partial charge in [0.15, 0.2) is 0 Å². The van der Waals surface area contributed by atoms with E-state index in [2.05, 4.69) is 20.3 Å². The average molecular weight is 188 g/mol. The number of amides is 1. The van der Waals surface area contributed by atoms with Crippen molar-refractivity contribution >= 4 is 11.6 Å². The summed E-state index contributed by atoms with van der Waals surface area (Å²) in [6.45, 7) is 0. The highest BCUT2D eigenvalue weighted by Gasteiger charge is 2.05. The van der Waals surface area contributed by atoms with Crippen molar-refractivity contribution in [2.45, 2.75) is 0 Å². The number of anilines is 1. The average Bonchev–Trinajstić information content (AvgIpc) is 2.72. The van der Waals surface area contributed by atoms with Crippen LogP contribution in [0.2, 0.25) is 0 Å². The van der Waals surface area contributed by atoms with Crippen molar-refractivity contribution in [2.24, 2.45) is 0 Å². The van der Waals surface area contributed by atoms with Gasteiger partial charge in [-0.2, -0.15) is 0 Å². The van der Waals surface area contributed by atoms with Gasteiger partial charge < -0.3 is 10.3 Å². The predicted molar refractivity (Wildman–Crippen MR) is 50.8 cm³/mol. The Morgan fingerprint density at radius 1 is 1.29 bits per heavy atom. The van der Waals surface area contributed by atoms with E-state index >= 15 is 0 Å². The zero-order valence-corrected chi connectivity index (χ0v) is 7.27. The van der Waals surface area contributed by atoms with Crippen LogP contribution in [-0.2, 0) is 0 Å². The van der Waals surface area contributed by atoms with Gasteiger partial charge in [0, 0.05) is 18.1 Å². The van der Waals surface area contributed by atoms with Gasteiger partial charge in [-0.3, -0.25) is 9.78 Å². The maximum Gasteiger partial charge on any atom is 0.273 e. The van der Waals surface area contributed by atoms with Crippen LogP contribution < -0.4 is 5.32 Å². The van der Waals surface area contributed by atoms with E-state index in [1.54, 1.807) is 24.5 Å². The number of nitrogens with zero attached hydrogens (tertiary/aromatic N) is 2. The maximum atomic E-state index is 11.5. The van der Waals surface area contributed by atoms with E-state index in [1.165, 1.54) is 12.5 Å². The number of pyridine rings is 1. The molecule has 0 bridgehead atoms. The number of aromatic amines is 1. The number of aromatic nitrogens is 3. The lowest BCUT2D eigenvalue weighted by molar-refractivity contribution is 0.102. The van der Waals surface area contributed by atoms with Gasteiger partial charge in [-0.25, -0.2) is 4.98 Å². The summed E-state index contributed by atoms with van der Waals surface area (Å²) >= 11 is 0. The molecule has 0 saturated carbocycles. The molecule has 70 valence electrons. The summed E-state index contributed by atoms with van der Waals surface area (Å²) in [6.07, 6.45) is 6.16. The largest absolute Gasteiger partial charge is 0.341 e. The molecule has 0 saturated heterocycles. The quantitative estimate of drug-likeness (QED) is 0.740. The third-order valence-electron chi connectivity index (χ3n) is 1.68. The Labute approximate surface area is 80.2 Å². The van der Waals surface area contributed by atoms with Crippen LogP contribution >= 0.6 is 0 Å². The summed E-state index contributed by atoms with van der Waals surface area (Å²) in [5.41, 5.74) is 1.14. The summed E-state index contributed by atoms with van der Waals surface area (Å²) < 4.78 is 0. The molecule has 0 aromatic carbocycles. The molecule has 2 N–H and O–H groups in total. The first kappa shape index (κ1) is 8.43. The van der Waals surface area contributed by atoms with Crippen molar-refractivity contribution < 1.29 is 4.79 Å². The van der Waals surface area contributed by atoms with E-state index in [-0.39, 0.29) is 5.91 Å². The molecule has 0 radical (unpaired) electrons. The van der Waals surface area contributed by atoms with Crippen LogP contribution in [0.4, 0.5) is 5.69 Å². The highest BCUT2D eigenvalue weighted by Crippen LogP contribution is 2.05. The van der Waals surface area contributed by atoms with Gasteiger partial charge in [-0.05, 0) is 12.1 Å². The van der Waals surface area contributed by atoms with E-state index < -0.39 is 0 Å². The van der Waals surface area contributed by atoms with Gasteiger partial charge in [0.2, 0.25) is 0 Å². The molecule has 2 heterocycles. The van der Waals surface area contributed by atoms with Gasteiger partial charge in [0.05, 0.1) is 12.5 Å². The van der Waals surface area contributed by atoms with Gasteiger partial charge >= 0.3 is 0 Å². The SMILES string of the molecule is O=C(Nc1ccncc1)c1cnc[nH]1. The van der Waals surface area contributed by atoms with Gasteiger partial charge in [0.25, 0.3) is 5.91 Å². The first-order valence-electron chi connectivity index (χ1n) is 4.06. The van der Waals surface area contributed by atoms with Crippen molar-refractivity contribution in [1.29, 1.82) is 0 Å². The predicted octanol–water partition coefficient (Wildman–Crippen LogP) is 1.06. The Bertz CT molecular complexity index is 410. The first-order chi connectivity index (χ1) is 6.86. The molecule has 0 unspecified atom stereocenters. The summed E-state index contributed by atoms with van der Waals surface area (Å²) in [6, 6.07) is 3.43. The normalized spacial score (nSPS) is 9.71. The smallest absolute Gasteiger partial charge is 0.273 e. The standard InChI is InChI=1S/C9H8N4O/c14-9(8-5-11-6-12-8)13-7-1-3-10-4-2-7/h1-6H,(H,11,12)(H,10,13,14). The van der Waals surface area contributed by atoms with Crippen LogP contribution in [0.1, 0.15) is 10.5 Å². The molecule has 2 rings (SSSR count). The number of carbonyl (C=O) groups excluding carboxylic acids is 1. The number of rotatable bonds is 2. The maximum absolute atomic E-state index is 11.5. The molecule has 5 heteroatoms. The second kappa shape index (κ2) is 3.69. The fourth-order valence-corrected chi connectivity index (χ4v) is 1.01. The number of nitrogens with one attached hydrogen (secondary N) is 2. The van der Waals surface area contributed by atoms with E-state index in [4.69, 9.17) is 0 Å². The lowest BCUT2D eigenvalue weighted by Gasteiger charge is -2.01. The van der Waals surface area contributed by atoms with Gasteiger partial charge in [-0.15, -0.1) is 0 Å². The van der Waals surface area contributed by atoms with Crippen LogP contribution in [0.25, 0.3) is 0 Å². The molecule has 2 aromatic rings. The second-order valence-corrected chi connectivity index (χ2v) is 2.66. The third-order valence-corrected chi connectivity index (χ3v) is 1.68. The van der Waals surface area contributed by atoms with Crippen molar-refractivity contribution in [2.75, 3.05) is 5.32 Å². The molecular weight excluding hydrogens is 180 g/mol. The number of H-pyrrole nitrogens is 1. The third kappa shape index (κ3) is 1.77. The number of carbonyl (C=O) groups is 1. The summed E-state index contributed by atoms with van der Waals surface area (Å²) in [5, 5.41) is 2.69. The van der Waals surface area contributed by atoms with E-state index in [1.807, 2.05) is 0 Å². The van der Waals surface area contributed by atoms with Crippen LogP contribution in [0.3, 0.4) is 0 Å². The molecule has 0 atom stereocenters. The minimum Gasteiger partial charge on any atom is -0.341 e. The zero-order chi connectivity index (χ0) is 9.80. The van der Waals surface area contributed by atoms with Crippen molar-refractivity contribution in [1.82, 2.24) is 15.0 Å². The minimum absolute atomic E-state index is 0.214. The highest BCUT2D eigenvalue weighted by atomic mass is 16.1. The van der Waals surface area contributed by atoms with E-state index in [0.29, 0.717) is 11.4 Å². The molecular formula is C9H8N4O. The fraction of sp³-hybridized carbons (Fsp3) is 0. The van der Waals surface area contributed by atoms with Crippen molar-refractivity contribution in [3.05, 3.63) is 42.7 Å². The number of hydrogen-bond donors (Lipinski definition) is 2. The summed E-state index contributed by atoms with van der Waals surface area (Å²) in [7, 11) is 0. The number of imidazole rings is 1. The number of hydrogen-bond acceptors (Lipinski definition) is 3. The Morgan fingerprint density at radius 2 is 2.07 bits per heavy atom. The molecule has 0 aliphatic heterocycles. The first-order valence-corrected chi connectivity index (χ1v) is 4.06. The molecule has 2 aromatic heterocycles. The molecule has 0 fully saturated rings. The summed E-state index contributed by atoms with van der Waals surface area (Å²) in [4.78, 5) is 21.8. The Kier molecular flexibility index (Phi) is 2.22. The van der Waals surface area contributed by atoms with E-state index in [9.17, 15) is 4.79 Å². The topological polar surface area (TPSA) is 70.7 Å². The minimum atomic E-state index is -0.214. The van der Waals surface area contributed by atoms with Crippen LogP contribution in [0.15, 0.2) is 37.1 Å². The monoisotopic (exact) mass is 188 g/mol. The molecule has 14 heavy (non-hydrogen) atoms. The van der Waals surface area contributed by atoms with Crippen molar-refractivity contribution in [3.8, 4) is 0 Å². The second-order valence-electron chi connectivity index (χ2n) is 2.66. The lowest BCUT2D eigenvalue weighted by Crippen LogP contribution is -2.11. The van der Waals surface area contributed by atoms with Gasteiger partial charge in [-0.1, -0.05) is 0 Å². The fourth-order valence-electron chi connectivity index (χ4n) is 1.01. The van der Waals surface area contributed by atoms with Crippen LogP contribution in [0, 0.1) is 0 Å². The zero-order valence-electron chi connectivity index (χ0n) is 7.27. The molecule has 0 aliphatic carbocycles. The Balaban J connectivity index is 2.10. The Morgan fingerprint density at radius 3 is 2.71 bits per heavy atom. The molecule has 1 amide bonds. The lowest BCUT2D eigenvalue weighted by atomic mass is 10.3. The Hall–Kier alpha value is -2.17. The van der Waals surface area contributed by atoms with Crippen LogP contribution in [0.5, 0.6) is 0 Å². The molecule has 0 aliphatic rings. The van der Waals surface area contributed by atoms with Crippen molar-refractivity contribution in [3.63, 3.8) is 0 Å². The molecule has 5 nitrogen and oxygen atoms in total. The molecule has 0 spiro atoms. The van der Waals surface area contributed by atoms with Crippen LogP contribution in [-0.4, -0.2) is 20.9 Å².